The number of imidazole rings is 1. The van der Waals surface area contributed by atoms with Crippen molar-refractivity contribution in [2.75, 3.05) is 13.1 Å². The number of fused-ring (bicyclic) bond motifs is 1. The van der Waals surface area contributed by atoms with Crippen LogP contribution in [0.1, 0.15) is 23.5 Å². The van der Waals surface area contributed by atoms with E-state index in [1.165, 1.54) is 0 Å². The number of aryl methyl sites for hydroxylation is 1. The van der Waals surface area contributed by atoms with E-state index in [1.54, 1.807) is 26.5 Å². The zero-order chi connectivity index (χ0) is 18.1. The minimum Gasteiger partial charge on any atom is -0.340 e. The molecule has 1 unspecified atom stereocenters. The first-order valence-electron chi connectivity index (χ1n) is 8.83. The molecular formula is C19H21N5O2. The zero-order valence-electron chi connectivity index (χ0n) is 14.7. The van der Waals surface area contributed by atoms with Crippen LogP contribution in [0.5, 0.6) is 0 Å². The SMILES string of the molecule is Cn1ccnc1C(=O)C1CCCN(C(=O)Cn2cc3ccccc3n2)C1. The van der Waals surface area contributed by atoms with Crippen LogP contribution in [0.2, 0.25) is 0 Å². The molecule has 134 valence electrons. The van der Waals surface area contributed by atoms with Crippen LogP contribution in [-0.4, -0.2) is 49.0 Å². The highest BCUT2D eigenvalue weighted by Crippen LogP contribution is 2.21. The molecule has 0 N–H and O–H groups in total. The van der Waals surface area contributed by atoms with Gasteiger partial charge in [-0.1, -0.05) is 18.2 Å². The first-order valence-corrected chi connectivity index (χ1v) is 8.83. The van der Waals surface area contributed by atoms with Gasteiger partial charge in [0.1, 0.15) is 6.54 Å². The highest BCUT2D eigenvalue weighted by atomic mass is 16.2. The van der Waals surface area contributed by atoms with Crippen molar-refractivity contribution in [2.24, 2.45) is 13.0 Å². The molecule has 0 spiro atoms. The molecule has 1 amide bonds. The van der Waals surface area contributed by atoms with Crippen molar-refractivity contribution in [3.63, 3.8) is 0 Å². The van der Waals surface area contributed by atoms with Crippen LogP contribution in [0, 0.1) is 5.92 Å². The van der Waals surface area contributed by atoms with Gasteiger partial charge in [-0.15, -0.1) is 0 Å². The summed E-state index contributed by atoms with van der Waals surface area (Å²) in [6.45, 7) is 1.33. The average molecular weight is 351 g/mol. The highest BCUT2D eigenvalue weighted by Gasteiger charge is 2.30. The molecule has 26 heavy (non-hydrogen) atoms. The minimum absolute atomic E-state index is 0.00449. The van der Waals surface area contributed by atoms with E-state index < -0.39 is 0 Å². The summed E-state index contributed by atoms with van der Waals surface area (Å²) < 4.78 is 3.41. The Bertz CT molecular complexity index is 925. The maximum Gasteiger partial charge on any atom is 0.244 e. The molecular weight excluding hydrogens is 330 g/mol. The second-order valence-corrected chi connectivity index (χ2v) is 6.79. The van der Waals surface area contributed by atoms with Gasteiger partial charge >= 0.3 is 0 Å². The molecule has 1 aliphatic heterocycles. The van der Waals surface area contributed by atoms with Crippen molar-refractivity contribution in [1.29, 1.82) is 0 Å². The number of benzene rings is 1. The number of Topliss-reactive ketones (excluding diaryl/α,β-unsaturated/α-hetero) is 1. The predicted molar refractivity (Wildman–Crippen MR) is 96.6 cm³/mol. The van der Waals surface area contributed by atoms with Gasteiger partial charge in [-0.25, -0.2) is 4.98 Å². The van der Waals surface area contributed by atoms with Crippen molar-refractivity contribution in [3.05, 3.63) is 48.7 Å². The molecule has 0 saturated carbocycles. The van der Waals surface area contributed by atoms with Gasteiger partial charge in [0.25, 0.3) is 0 Å². The van der Waals surface area contributed by atoms with Crippen molar-refractivity contribution in [3.8, 4) is 0 Å². The Morgan fingerprint density at radius 3 is 2.88 bits per heavy atom. The summed E-state index contributed by atoms with van der Waals surface area (Å²) in [5.74, 6) is 0.281. The van der Waals surface area contributed by atoms with Gasteiger partial charge < -0.3 is 9.47 Å². The Kier molecular flexibility index (Phi) is 4.28. The van der Waals surface area contributed by atoms with Crippen LogP contribution in [0.25, 0.3) is 10.9 Å². The van der Waals surface area contributed by atoms with Crippen molar-refractivity contribution in [2.45, 2.75) is 19.4 Å². The first kappa shape index (κ1) is 16.5. The van der Waals surface area contributed by atoms with Crippen LogP contribution in [0.4, 0.5) is 0 Å². The number of aromatic nitrogens is 4. The van der Waals surface area contributed by atoms with E-state index in [0.29, 0.717) is 18.9 Å². The zero-order valence-corrected chi connectivity index (χ0v) is 14.7. The number of hydrogen-bond acceptors (Lipinski definition) is 4. The van der Waals surface area contributed by atoms with Gasteiger partial charge in [-0.2, -0.15) is 5.10 Å². The monoisotopic (exact) mass is 351 g/mol. The Morgan fingerprint density at radius 2 is 2.12 bits per heavy atom. The largest absolute Gasteiger partial charge is 0.340 e. The molecule has 0 radical (unpaired) electrons. The van der Waals surface area contributed by atoms with Crippen molar-refractivity contribution in [1.82, 2.24) is 24.2 Å². The number of amides is 1. The fraction of sp³-hybridized carbons (Fsp3) is 0.368. The molecule has 3 aromatic rings. The number of carbonyl (C=O) groups is 2. The van der Waals surface area contributed by atoms with Crippen LogP contribution >= 0.6 is 0 Å². The summed E-state index contributed by atoms with van der Waals surface area (Å²) in [6.07, 6.45) is 6.89. The molecule has 7 heteroatoms. The summed E-state index contributed by atoms with van der Waals surface area (Å²) in [4.78, 5) is 31.3. The summed E-state index contributed by atoms with van der Waals surface area (Å²) >= 11 is 0. The topological polar surface area (TPSA) is 73.0 Å². The number of rotatable bonds is 4. The van der Waals surface area contributed by atoms with E-state index in [2.05, 4.69) is 10.1 Å². The molecule has 1 fully saturated rings. The second-order valence-electron chi connectivity index (χ2n) is 6.79. The minimum atomic E-state index is -0.189. The Balaban J connectivity index is 1.44. The summed E-state index contributed by atoms with van der Waals surface area (Å²) in [5, 5.41) is 5.46. The normalized spacial score (nSPS) is 17.6. The number of likely N-dealkylation sites (tertiary alicyclic amines) is 1. The lowest BCUT2D eigenvalue weighted by molar-refractivity contribution is -0.133. The summed E-state index contributed by atoms with van der Waals surface area (Å²) in [6, 6.07) is 7.79. The maximum absolute atomic E-state index is 12.7. The molecule has 0 aliphatic carbocycles. The van der Waals surface area contributed by atoms with Crippen LogP contribution < -0.4 is 0 Å². The van der Waals surface area contributed by atoms with Crippen LogP contribution in [0.15, 0.2) is 42.9 Å². The molecule has 1 saturated heterocycles. The summed E-state index contributed by atoms with van der Waals surface area (Å²) in [7, 11) is 1.81. The van der Waals surface area contributed by atoms with Crippen LogP contribution in [0.3, 0.4) is 0 Å². The Labute approximate surface area is 151 Å². The molecule has 1 aliphatic rings. The van der Waals surface area contributed by atoms with E-state index in [1.807, 2.05) is 37.5 Å². The number of hydrogen-bond donors (Lipinski definition) is 0. The molecule has 3 heterocycles. The van der Waals surface area contributed by atoms with E-state index in [9.17, 15) is 9.59 Å². The number of carbonyl (C=O) groups excluding carboxylic acids is 2. The predicted octanol–water partition coefficient (Wildman–Crippen LogP) is 1.89. The number of nitrogens with zero attached hydrogens (tertiary/aromatic N) is 5. The van der Waals surface area contributed by atoms with Gasteiger partial charge in [-0.3, -0.25) is 14.3 Å². The Morgan fingerprint density at radius 1 is 1.27 bits per heavy atom. The highest BCUT2D eigenvalue weighted by molar-refractivity contribution is 5.95. The third kappa shape index (κ3) is 3.12. The Hall–Kier alpha value is -2.96. The molecule has 0 bridgehead atoms. The third-order valence-electron chi connectivity index (χ3n) is 4.94. The summed E-state index contributed by atoms with van der Waals surface area (Å²) in [5.41, 5.74) is 0.877. The number of ketones is 1. The molecule has 7 nitrogen and oxygen atoms in total. The lowest BCUT2D eigenvalue weighted by Gasteiger charge is -2.31. The van der Waals surface area contributed by atoms with Gasteiger partial charge in [0.15, 0.2) is 5.82 Å². The second kappa shape index (κ2) is 6.74. The quantitative estimate of drug-likeness (QED) is 0.673. The molecule has 2 aromatic heterocycles. The first-order chi connectivity index (χ1) is 12.6. The van der Waals surface area contributed by atoms with Crippen molar-refractivity contribution >= 4 is 22.6 Å². The number of piperidine rings is 1. The third-order valence-corrected chi connectivity index (χ3v) is 4.94. The smallest absolute Gasteiger partial charge is 0.244 e. The molecule has 4 rings (SSSR count). The van der Waals surface area contributed by atoms with E-state index in [-0.39, 0.29) is 24.2 Å². The average Bonchev–Trinajstić information content (AvgIpc) is 3.26. The lowest BCUT2D eigenvalue weighted by atomic mass is 9.93. The standard InChI is InChI=1S/C19H21N5O2/c1-22-10-8-20-19(22)18(26)15-6-4-9-23(11-15)17(25)13-24-12-14-5-2-3-7-16(14)21-24/h2-3,5,7-8,10,12,15H,4,6,9,11,13H2,1H3. The maximum atomic E-state index is 12.7. The van der Waals surface area contributed by atoms with Gasteiger partial charge in [0, 0.05) is 50.0 Å². The lowest BCUT2D eigenvalue weighted by Crippen LogP contribution is -2.44. The van der Waals surface area contributed by atoms with E-state index >= 15 is 0 Å². The van der Waals surface area contributed by atoms with Gasteiger partial charge in [0.2, 0.25) is 11.7 Å². The molecule has 1 atom stereocenters. The van der Waals surface area contributed by atoms with Gasteiger partial charge in [0.05, 0.1) is 5.52 Å². The van der Waals surface area contributed by atoms with E-state index in [4.69, 9.17) is 0 Å². The van der Waals surface area contributed by atoms with Crippen molar-refractivity contribution < 1.29 is 9.59 Å². The van der Waals surface area contributed by atoms with Crippen LogP contribution in [-0.2, 0) is 18.4 Å². The van der Waals surface area contributed by atoms with E-state index in [0.717, 1.165) is 23.7 Å². The molecule has 1 aromatic carbocycles. The fourth-order valence-electron chi connectivity index (χ4n) is 3.54. The fourth-order valence-corrected chi connectivity index (χ4v) is 3.54. The van der Waals surface area contributed by atoms with Gasteiger partial charge in [-0.05, 0) is 18.9 Å².